The van der Waals surface area contributed by atoms with Crippen LogP contribution >= 0.6 is 11.6 Å². The Morgan fingerprint density at radius 1 is 1.50 bits per heavy atom. The third-order valence-corrected chi connectivity index (χ3v) is 3.70. The lowest BCUT2D eigenvalue weighted by atomic mass is 10.1. The second kappa shape index (κ2) is 5.53. The van der Waals surface area contributed by atoms with Crippen molar-refractivity contribution in [2.75, 3.05) is 17.2 Å². The number of hydrogen-bond donors (Lipinski definition) is 1. The molecule has 3 rings (SSSR count). The number of amides is 1. The summed E-state index contributed by atoms with van der Waals surface area (Å²) in [6.45, 7) is -2.98. The SMILES string of the molecule is [2H]C([2H])([2H])N(C(=O)C1Cc2cnccc2N1)c1cc(Cl)c(F)cc1F. The molecule has 2 aromatic rings. The number of halogens is 3. The lowest BCUT2D eigenvalue weighted by molar-refractivity contribution is -0.118. The number of benzene rings is 1. The Balaban J connectivity index is 1.98. The fourth-order valence-corrected chi connectivity index (χ4v) is 2.45. The summed E-state index contributed by atoms with van der Waals surface area (Å²) in [6, 6.07) is 1.98. The summed E-state index contributed by atoms with van der Waals surface area (Å²) in [5, 5.41) is 2.41. The number of fused-ring (bicyclic) bond motifs is 1. The first kappa shape index (κ1) is 11.4. The molecule has 114 valence electrons. The van der Waals surface area contributed by atoms with Crippen molar-refractivity contribution in [1.29, 1.82) is 0 Å². The number of rotatable bonds is 2. The molecule has 1 aliphatic heterocycles. The molecule has 0 aliphatic carbocycles. The topological polar surface area (TPSA) is 45.2 Å². The Kier molecular flexibility index (Phi) is 2.86. The lowest BCUT2D eigenvalue weighted by Gasteiger charge is -2.22. The van der Waals surface area contributed by atoms with Gasteiger partial charge < -0.3 is 10.2 Å². The van der Waals surface area contributed by atoms with E-state index in [4.69, 9.17) is 15.7 Å². The summed E-state index contributed by atoms with van der Waals surface area (Å²) in [5.41, 5.74) is 0.785. The zero-order valence-electron chi connectivity index (χ0n) is 14.1. The van der Waals surface area contributed by atoms with Crippen LogP contribution in [0.5, 0.6) is 0 Å². The van der Waals surface area contributed by atoms with Crippen LogP contribution in [0, 0.1) is 11.6 Å². The summed E-state index contributed by atoms with van der Waals surface area (Å²) in [5.74, 6) is -3.11. The highest BCUT2D eigenvalue weighted by atomic mass is 35.5. The summed E-state index contributed by atoms with van der Waals surface area (Å²) in [6.07, 6.45) is 3.29. The average molecular weight is 327 g/mol. The fraction of sp³-hybridized carbons (Fsp3) is 0.200. The van der Waals surface area contributed by atoms with Crippen LogP contribution in [0.4, 0.5) is 20.2 Å². The normalized spacial score (nSPS) is 18.7. The van der Waals surface area contributed by atoms with E-state index >= 15 is 0 Å². The molecule has 0 spiro atoms. The third-order valence-electron chi connectivity index (χ3n) is 3.41. The van der Waals surface area contributed by atoms with Gasteiger partial charge in [-0.25, -0.2) is 8.78 Å². The van der Waals surface area contributed by atoms with Gasteiger partial charge in [0.1, 0.15) is 17.7 Å². The Bertz CT molecular complexity index is 822. The van der Waals surface area contributed by atoms with Gasteiger partial charge in [-0.2, -0.15) is 0 Å². The molecule has 1 amide bonds. The minimum Gasteiger partial charge on any atom is -0.373 e. The summed E-state index contributed by atoms with van der Waals surface area (Å²) in [4.78, 5) is 17.1. The van der Waals surface area contributed by atoms with Crippen molar-refractivity contribution in [2.24, 2.45) is 0 Å². The zero-order chi connectivity index (χ0) is 18.4. The number of nitrogens with one attached hydrogen (secondary N) is 1. The molecule has 1 unspecified atom stereocenters. The van der Waals surface area contributed by atoms with Crippen LogP contribution < -0.4 is 10.2 Å². The van der Waals surface area contributed by atoms with E-state index in [0.29, 0.717) is 16.7 Å². The van der Waals surface area contributed by atoms with Gasteiger partial charge >= 0.3 is 0 Å². The standard InChI is InChI=1S/C15H12ClF2N3O/c1-21(14-5-9(16)10(17)6-11(14)18)15(22)13-4-8-7-19-3-2-12(8)20-13/h2-3,5-7,13,20H,4H2,1H3/i1D3. The Morgan fingerprint density at radius 2 is 2.32 bits per heavy atom. The molecule has 0 bridgehead atoms. The largest absolute Gasteiger partial charge is 0.373 e. The highest BCUT2D eigenvalue weighted by molar-refractivity contribution is 6.31. The molecule has 1 N–H and O–H groups in total. The van der Waals surface area contributed by atoms with Crippen molar-refractivity contribution in [1.82, 2.24) is 4.98 Å². The summed E-state index contributed by atoms with van der Waals surface area (Å²) in [7, 11) is 0. The molecule has 4 nitrogen and oxygen atoms in total. The van der Waals surface area contributed by atoms with Crippen LogP contribution in [0.1, 0.15) is 9.68 Å². The average Bonchev–Trinajstić information content (AvgIpc) is 2.95. The van der Waals surface area contributed by atoms with Gasteiger partial charge in [-0.15, -0.1) is 0 Å². The van der Waals surface area contributed by atoms with E-state index < -0.39 is 41.3 Å². The van der Waals surface area contributed by atoms with E-state index in [0.717, 1.165) is 11.6 Å². The summed E-state index contributed by atoms with van der Waals surface area (Å²) >= 11 is 5.63. The Morgan fingerprint density at radius 3 is 3.05 bits per heavy atom. The molecule has 7 heteroatoms. The number of carbonyl (C=O) groups is 1. The molecule has 0 radical (unpaired) electrons. The van der Waals surface area contributed by atoms with Crippen LogP contribution in [0.15, 0.2) is 30.6 Å². The Labute approximate surface area is 134 Å². The second-order valence-electron chi connectivity index (χ2n) is 4.83. The van der Waals surface area contributed by atoms with Crippen LogP contribution in [0.3, 0.4) is 0 Å². The van der Waals surface area contributed by atoms with E-state index in [-0.39, 0.29) is 6.42 Å². The van der Waals surface area contributed by atoms with Gasteiger partial charge in [0, 0.05) is 41.7 Å². The minimum atomic E-state index is -2.98. The number of likely N-dealkylation sites (N-methyl/N-ethyl adjacent to an activating group) is 1. The van der Waals surface area contributed by atoms with Crippen LogP contribution in [-0.2, 0) is 11.2 Å². The fourth-order valence-electron chi connectivity index (χ4n) is 2.30. The molecule has 22 heavy (non-hydrogen) atoms. The van der Waals surface area contributed by atoms with Crippen LogP contribution in [0.2, 0.25) is 5.02 Å². The first-order chi connectivity index (χ1) is 11.7. The van der Waals surface area contributed by atoms with E-state index in [2.05, 4.69) is 10.3 Å². The molecule has 1 atom stereocenters. The number of aromatic nitrogens is 1. The highest BCUT2D eigenvalue weighted by Gasteiger charge is 2.30. The monoisotopic (exact) mass is 326 g/mol. The number of carbonyl (C=O) groups excluding carboxylic acids is 1. The second-order valence-corrected chi connectivity index (χ2v) is 5.23. The maximum atomic E-state index is 14.1. The van der Waals surface area contributed by atoms with Crippen LogP contribution in [-0.4, -0.2) is 23.9 Å². The molecule has 1 aromatic carbocycles. The molecule has 1 aliphatic rings. The van der Waals surface area contributed by atoms with Gasteiger partial charge in [-0.1, -0.05) is 11.6 Å². The number of nitrogens with zero attached hydrogens (tertiary/aromatic N) is 2. The smallest absolute Gasteiger partial charge is 0.249 e. The van der Waals surface area contributed by atoms with Gasteiger partial charge in [-0.05, 0) is 17.7 Å². The zero-order valence-corrected chi connectivity index (χ0v) is 11.9. The molecule has 2 heterocycles. The Hall–Kier alpha value is -2.21. The van der Waals surface area contributed by atoms with E-state index in [1.54, 1.807) is 12.3 Å². The van der Waals surface area contributed by atoms with Crippen molar-refractivity contribution in [2.45, 2.75) is 12.5 Å². The number of hydrogen-bond acceptors (Lipinski definition) is 3. The van der Waals surface area contributed by atoms with E-state index in [9.17, 15) is 13.6 Å². The minimum absolute atomic E-state index is 0.200. The molecular formula is C15H12ClF2N3O. The van der Waals surface area contributed by atoms with Crippen molar-refractivity contribution >= 4 is 28.9 Å². The van der Waals surface area contributed by atoms with E-state index in [1.165, 1.54) is 6.20 Å². The van der Waals surface area contributed by atoms with Crippen molar-refractivity contribution < 1.29 is 17.7 Å². The van der Waals surface area contributed by atoms with Gasteiger partial charge in [0.05, 0.1) is 10.7 Å². The number of anilines is 2. The maximum Gasteiger partial charge on any atom is 0.249 e. The predicted octanol–water partition coefficient (Wildman–Crippen LogP) is 3.01. The van der Waals surface area contributed by atoms with Gasteiger partial charge in [-0.3, -0.25) is 9.78 Å². The summed E-state index contributed by atoms with van der Waals surface area (Å²) < 4.78 is 50.3. The van der Waals surface area contributed by atoms with Crippen molar-refractivity contribution in [3.05, 3.63) is 52.8 Å². The maximum absolute atomic E-state index is 14.1. The highest BCUT2D eigenvalue weighted by Crippen LogP contribution is 2.29. The lowest BCUT2D eigenvalue weighted by Crippen LogP contribution is -2.40. The molecule has 0 saturated carbocycles. The first-order valence-electron chi connectivity index (χ1n) is 7.86. The first-order valence-corrected chi connectivity index (χ1v) is 6.74. The predicted molar refractivity (Wildman–Crippen MR) is 80.1 cm³/mol. The van der Waals surface area contributed by atoms with Crippen LogP contribution in [0.25, 0.3) is 0 Å². The molecular weight excluding hydrogens is 312 g/mol. The third kappa shape index (κ3) is 2.50. The quantitative estimate of drug-likeness (QED) is 0.863. The molecule has 0 saturated heterocycles. The van der Waals surface area contributed by atoms with Gasteiger partial charge in [0.25, 0.3) is 0 Å². The molecule has 0 fully saturated rings. The van der Waals surface area contributed by atoms with Crippen molar-refractivity contribution in [3.8, 4) is 0 Å². The molecule has 1 aromatic heterocycles. The van der Waals surface area contributed by atoms with Gasteiger partial charge in [0.15, 0.2) is 0 Å². The number of pyridine rings is 1. The van der Waals surface area contributed by atoms with Gasteiger partial charge in [0.2, 0.25) is 5.91 Å². The van der Waals surface area contributed by atoms with Crippen molar-refractivity contribution in [3.63, 3.8) is 0 Å². The van der Waals surface area contributed by atoms with E-state index in [1.807, 2.05) is 0 Å².